The Bertz CT molecular complexity index is 1250. The summed E-state index contributed by atoms with van der Waals surface area (Å²) in [5.74, 6) is 0.994. The Morgan fingerprint density at radius 3 is 2.58 bits per heavy atom. The van der Waals surface area contributed by atoms with Crippen molar-refractivity contribution in [2.75, 3.05) is 11.5 Å². The molecule has 0 aromatic heterocycles. The zero-order valence-electron chi connectivity index (χ0n) is 17.6. The molecule has 4 nitrogen and oxygen atoms in total. The SMILES string of the molecule is CCOc1cc(/C=C2/SC(=S)N(c3cccc(Cl)c3)C2=O)ccc1OCc1ccccc1Cl. The Balaban J connectivity index is 1.56. The van der Waals surface area contributed by atoms with Gasteiger partial charge in [0, 0.05) is 15.6 Å². The molecule has 0 saturated carbocycles. The molecule has 33 heavy (non-hydrogen) atoms. The molecule has 1 amide bonds. The molecule has 168 valence electrons. The lowest BCUT2D eigenvalue weighted by atomic mass is 10.1. The summed E-state index contributed by atoms with van der Waals surface area (Å²) in [7, 11) is 0. The van der Waals surface area contributed by atoms with Crippen LogP contribution in [0.2, 0.25) is 10.0 Å². The van der Waals surface area contributed by atoms with E-state index in [-0.39, 0.29) is 5.91 Å². The van der Waals surface area contributed by atoms with Crippen LogP contribution in [-0.4, -0.2) is 16.8 Å². The Morgan fingerprint density at radius 1 is 1.00 bits per heavy atom. The van der Waals surface area contributed by atoms with Gasteiger partial charge in [-0.05, 0) is 55.0 Å². The van der Waals surface area contributed by atoms with Gasteiger partial charge in [-0.3, -0.25) is 9.69 Å². The standard InChI is InChI=1S/C25H19Cl2NO3S2/c1-2-30-22-12-16(10-11-21(22)31-15-17-6-3-4-9-20(17)27)13-23-24(29)28(25(32)33-23)19-8-5-7-18(26)14-19/h3-14H,2,15H2,1H3/b23-13+. The van der Waals surface area contributed by atoms with Crippen LogP contribution in [0.3, 0.4) is 0 Å². The van der Waals surface area contributed by atoms with E-state index in [2.05, 4.69) is 0 Å². The zero-order valence-corrected chi connectivity index (χ0v) is 20.7. The monoisotopic (exact) mass is 515 g/mol. The maximum Gasteiger partial charge on any atom is 0.270 e. The molecule has 3 aromatic rings. The number of amides is 1. The van der Waals surface area contributed by atoms with Crippen molar-refractivity contribution < 1.29 is 14.3 Å². The molecule has 8 heteroatoms. The van der Waals surface area contributed by atoms with Crippen molar-refractivity contribution in [3.8, 4) is 11.5 Å². The Labute approximate surface area is 212 Å². The van der Waals surface area contributed by atoms with Crippen molar-refractivity contribution >= 4 is 69.2 Å². The topological polar surface area (TPSA) is 38.8 Å². The summed E-state index contributed by atoms with van der Waals surface area (Å²) >= 11 is 19.0. The third-order valence-corrected chi connectivity index (χ3v) is 6.67. The van der Waals surface area contributed by atoms with Gasteiger partial charge in [0.15, 0.2) is 15.8 Å². The first-order valence-electron chi connectivity index (χ1n) is 10.1. The van der Waals surface area contributed by atoms with Crippen molar-refractivity contribution in [3.05, 3.63) is 92.8 Å². The van der Waals surface area contributed by atoms with Crippen LogP contribution in [0.1, 0.15) is 18.1 Å². The van der Waals surface area contributed by atoms with E-state index in [1.54, 1.807) is 30.3 Å². The average molecular weight is 516 g/mol. The van der Waals surface area contributed by atoms with Gasteiger partial charge in [-0.25, -0.2) is 0 Å². The molecule has 0 radical (unpaired) electrons. The molecule has 1 aliphatic rings. The highest BCUT2D eigenvalue weighted by atomic mass is 35.5. The van der Waals surface area contributed by atoms with Gasteiger partial charge in [0.05, 0.1) is 17.2 Å². The quantitative estimate of drug-likeness (QED) is 0.242. The van der Waals surface area contributed by atoms with E-state index in [0.29, 0.717) is 49.7 Å². The Morgan fingerprint density at radius 2 is 1.82 bits per heavy atom. The van der Waals surface area contributed by atoms with E-state index in [1.165, 1.54) is 16.7 Å². The van der Waals surface area contributed by atoms with Gasteiger partial charge in [-0.15, -0.1) is 0 Å². The van der Waals surface area contributed by atoms with Crippen molar-refractivity contribution in [1.29, 1.82) is 0 Å². The smallest absolute Gasteiger partial charge is 0.270 e. The zero-order chi connectivity index (χ0) is 23.4. The van der Waals surface area contributed by atoms with Gasteiger partial charge >= 0.3 is 0 Å². The van der Waals surface area contributed by atoms with E-state index in [9.17, 15) is 4.79 Å². The van der Waals surface area contributed by atoms with Crippen LogP contribution in [0, 0.1) is 0 Å². The van der Waals surface area contributed by atoms with E-state index < -0.39 is 0 Å². The fourth-order valence-corrected chi connectivity index (χ4v) is 4.90. The minimum Gasteiger partial charge on any atom is -0.490 e. The van der Waals surface area contributed by atoms with E-state index in [0.717, 1.165) is 11.1 Å². The summed E-state index contributed by atoms with van der Waals surface area (Å²) in [5.41, 5.74) is 2.33. The highest BCUT2D eigenvalue weighted by molar-refractivity contribution is 8.27. The summed E-state index contributed by atoms with van der Waals surface area (Å²) in [5, 5.41) is 1.19. The van der Waals surface area contributed by atoms with Crippen LogP contribution < -0.4 is 14.4 Å². The third kappa shape index (κ3) is 5.53. The first kappa shape index (κ1) is 23.6. The molecular formula is C25H19Cl2NO3S2. The molecule has 4 rings (SSSR count). The van der Waals surface area contributed by atoms with Crippen LogP contribution in [0.5, 0.6) is 11.5 Å². The number of ether oxygens (including phenoxy) is 2. The highest BCUT2D eigenvalue weighted by Gasteiger charge is 2.33. The summed E-state index contributed by atoms with van der Waals surface area (Å²) in [6.07, 6.45) is 1.80. The number of hydrogen-bond acceptors (Lipinski definition) is 5. The molecule has 1 aliphatic heterocycles. The second-order valence-electron chi connectivity index (χ2n) is 7.02. The summed E-state index contributed by atoms with van der Waals surface area (Å²) < 4.78 is 12.2. The molecule has 0 unspecified atom stereocenters. The predicted molar refractivity (Wildman–Crippen MR) is 140 cm³/mol. The molecule has 0 atom stereocenters. The number of anilines is 1. The maximum absolute atomic E-state index is 13.0. The van der Waals surface area contributed by atoms with Gasteiger partial charge in [0.2, 0.25) is 0 Å². The van der Waals surface area contributed by atoms with Crippen LogP contribution in [-0.2, 0) is 11.4 Å². The lowest BCUT2D eigenvalue weighted by Gasteiger charge is -2.14. The number of thiocarbonyl (C=S) groups is 1. The van der Waals surface area contributed by atoms with Crippen LogP contribution in [0.4, 0.5) is 5.69 Å². The van der Waals surface area contributed by atoms with Crippen LogP contribution in [0.15, 0.2) is 71.6 Å². The molecule has 1 heterocycles. The molecule has 3 aromatic carbocycles. The first-order chi connectivity index (χ1) is 16.0. The number of benzene rings is 3. The van der Waals surface area contributed by atoms with Crippen LogP contribution >= 0.6 is 47.2 Å². The first-order valence-corrected chi connectivity index (χ1v) is 12.1. The summed E-state index contributed by atoms with van der Waals surface area (Å²) in [6.45, 7) is 2.70. The lowest BCUT2D eigenvalue weighted by Crippen LogP contribution is -2.27. The van der Waals surface area contributed by atoms with Crippen molar-refractivity contribution in [3.63, 3.8) is 0 Å². The van der Waals surface area contributed by atoms with Crippen LogP contribution in [0.25, 0.3) is 6.08 Å². The number of carbonyl (C=O) groups excluding carboxylic acids is 1. The molecule has 1 fully saturated rings. The third-order valence-electron chi connectivity index (χ3n) is 4.77. The van der Waals surface area contributed by atoms with Gasteiger partial charge < -0.3 is 9.47 Å². The fraction of sp³-hybridized carbons (Fsp3) is 0.120. The molecular weight excluding hydrogens is 497 g/mol. The van der Waals surface area contributed by atoms with Crippen molar-refractivity contribution in [2.45, 2.75) is 13.5 Å². The predicted octanol–water partition coefficient (Wildman–Crippen LogP) is 7.38. The Hall–Kier alpha value is -2.51. The van der Waals surface area contributed by atoms with E-state index >= 15 is 0 Å². The number of rotatable bonds is 7. The number of nitrogens with zero attached hydrogens (tertiary/aromatic N) is 1. The van der Waals surface area contributed by atoms with Gasteiger partial charge in [0.25, 0.3) is 5.91 Å². The van der Waals surface area contributed by atoms with Gasteiger partial charge in [-0.1, -0.05) is 77.5 Å². The van der Waals surface area contributed by atoms with E-state index in [4.69, 9.17) is 44.9 Å². The Kier molecular flexibility index (Phi) is 7.60. The minimum atomic E-state index is -0.190. The fourth-order valence-electron chi connectivity index (χ4n) is 3.23. The molecule has 0 aliphatic carbocycles. The van der Waals surface area contributed by atoms with Crippen molar-refractivity contribution in [1.82, 2.24) is 0 Å². The van der Waals surface area contributed by atoms with E-state index in [1.807, 2.05) is 49.4 Å². The molecule has 1 saturated heterocycles. The average Bonchev–Trinajstić information content (AvgIpc) is 3.07. The normalized spacial score (nSPS) is 14.8. The molecule has 0 N–H and O–H groups in total. The van der Waals surface area contributed by atoms with Gasteiger partial charge in [0.1, 0.15) is 6.61 Å². The number of hydrogen-bond donors (Lipinski definition) is 0. The number of halogens is 2. The molecule has 0 spiro atoms. The lowest BCUT2D eigenvalue weighted by molar-refractivity contribution is -0.113. The molecule has 0 bridgehead atoms. The van der Waals surface area contributed by atoms with Crippen molar-refractivity contribution in [2.24, 2.45) is 0 Å². The second kappa shape index (κ2) is 10.6. The number of carbonyl (C=O) groups is 1. The summed E-state index contributed by atoms with van der Waals surface area (Å²) in [4.78, 5) is 15.0. The van der Waals surface area contributed by atoms with Gasteiger partial charge in [-0.2, -0.15) is 0 Å². The summed E-state index contributed by atoms with van der Waals surface area (Å²) in [6, 6.07) is 20.1. The largest absolute Gasteiger partial charge is 0.490 e. The highest BCUT2D eigenvalue weighted by Crippen LogP contribution is 2.38. The maximum atomic E-state index is 13.0. The number of thioether (sulfide) groups is 1. The minimum absolute atomic E-state index is 0.190. The second-order valence-corrected chi connectivity index (χ2v) is 9.54.